The number of furan rings is 2. The molecule has 1 N–H and O–H groups in total. The Balaban J connectivity index is 1.16. The molecule has 0 saturated carbocycles. The zero-order valence-corrected chi connectivity index (χ0v) is 22.8. The zero-order chi connectivity index (χ0) is 27.8. The van der Waals surface area contributed by atoms with Crippen LogP contribution in [0.3, 0.4) is 0 Å². The zero-order valence-electron chi connectivity index (χ0n) is 22.8. The van der Waals surface area contributed by atoms with E-state index in [1.807, 2.05) is 18.2 Å². The Morgan fingerprint density at radius 3 is 2.30 bits per heavy atom. The van der Waals surface area contributed by atoms with Crippen molar-refractivity contribution in [2.75, 3.05) is 5.32 Å². The molecule has 1 aliphatic heterocycles. The van der Waals surface area contributed by atoms with Crippen molar-refractivity contribution in [1.29, 1.82) is 0 Å². The number of allylic oxidation sites excluding steroid dienone is 2. The van der Waals surface area contributed by atoms with Gasteiger partial charge in [-0.1, -0.05) is 72.8 Å². The molecule has 43 heavy (non-hydrogen) atoms. The molecule has 0 radical (unpaired) electrons. The van der Waals surface area contributed by atoms with Crippen LogP contribution in [0.2, 0.25) is 0 Å². The summed E-state index contributed by atoms with van der Waals surface area (Å²) in [6, 6.07) is 33.8. The summed E-state index contributed by atoms with van der Waals surface area (Å²) < 4.78 is 14.8. The van der Waals surface area contributed by atoms with Crippen LogP contribution in [-0.4, -0.2) is 16.2 Å². The minimum Gasteiger partial charge on any atom is -0.456 e. The Labute approximate surface area is 244 Å². The number of benzene rings is 5. The Kier molecular flexibility index (Phi) is 3.83. The van der Waals surface area contributed by atoms with Crippen LogP contribution in [0.4, 0.5) is 11.5 Å². The van der Waals surface area contributed by atoms with E-state index in [0.29, 0.717) is 0 Å². The fourth-order valence-corrected chi connectivity index (χ4v) is 7.44. The smallest absolute Gasteiger partial charge is 0.162 e. The molecule has 0 fully saturated rings. The van der Waals surface area contributed by atoms with Crippen molar-refractivity contribution < 1.29 is 8.83 Å². The second kappa shape index (κ2) is 7.52. The van der Waals surface area contributed by atoms with E-state index in [4.69, 9.17) is 13.8 Å². The van der Waals surface area contributed by atoms with Gasteiger partial charge in [-0.15, -0.1) is 0 Å². The summed E-state index contributed by atoms with van der Waals surface area (Å²) in [5, 5.41) is 12.0. The topological polar surface area (TPSA) is 55.1 Å². The lowest BCUT2D eigenvalue weighted by molar-refractivity contribution is 0.668. The molecule has 200 valence electrons. The first-order valence-corrected chi connectivity index (χ1v) is 14.6. The maximum absolute atomic E-state index is 6.42. The van der Waals surface area contributed by atoms with E-state index in [1.54, 1.807) is 0 Å². The van der Waals surface area contributed by atoms with Crippen molar-refractivity contribution >= 4 is 93.9 Å². The molecule has 5 aromatic carbocycles. The summed E-state index contributed by atoms with van der Waals surface area (Å²) in [6.07, 6.45) is 6.64. The molecule has 0 bridgehead atoms. The molecule has 0 spiro atoms. The second-order valence-corrected chi connectivity index (χ2v) is 11.6. The highest BCUT2D eigenvalue weighted by atomic mass is 16.3. The number of hydrogen-bond acceptors (Lipinski definition) is 4. The lowest BCUT2D eigenvalue weighted by atomic mass is 9.93. The van der Waals surface area contributed by atoms with Gasteiger partial charge < -0.3 is 14.2 Å². The van der Waals surface area contributed by atoms with Gasteiger partial charge >= 0.3 is 0 Å². The van der Waals surface area contributed by atoms with Gasteiger partial charge in [0.05, 0.1) is 28.5 Å². The van der Waals surface area contributed by atoms with Crippen molar-refractivity contribution in [3.8, 4) is 0 Å². The summed E-state index contributed by atoms with van der Waals surface area (Å²) in [4.78, 5) is 5.36. The predicted octanol–water partition coefficient (Wildman–Crippen LogP) is 10.0. The molecule has 4 aromatic heterocycles. The molecule has 5 heterocycles. The third kappa shape index (κ3) is 2.70. The molecule has 0 amide bonds. The lowest BCUT2D eigenvalue weighted by Gasteiger charge is -2.25. The molecule has 5 heteroatoms. The van der Waals surface area contributed by atoms with Crippen LogP contribution in [0.25, 0.3) is 76.6 Å². The summed E-state index contributed by atoms with van der Waals surface area (Å²) in [5.74, 6) is 0.937. The highest BCUT2D eigenvalue weighted by molar-refractivity contribution is 6.34. The largest absolute Gasteiger partial charge is 0.456 e. The number of anilines is 1. The number of aromatic nitrogens is 1. The summed E-state index contributed by atoms with van der Waals surface area (Å²) >= 11 is 0. The minimum atomic E-state index is -0.0155. The fraction of sp³-hybridized carbons (Fsp3) is 0.0263. The number of rotatable bonds is 1. The molecule has 1 aliphatic carbocycles. The normalized spacial score (nSPS) is 16.5. The third-order valence-electron chi connectivity index (χ3n) is 9.32. The van der Waals surface area contributed by atoms with Crippen molar-refractivity contribution in [2.24, 2.45) is 4.99 Å². The molecule has 0 saturated heterocycles. The van der Waals surface area contributed by atoms with Gasteiger partial charge in [-0.2, -0.15) is 0 Å². The van der Waals surface area contributed by atoms with E-state index in [0.717, 1.165) is 77.7 Å². The van der Waals surface area contributed by atoms with Crippen molar-refractivity contribution in [1.82, 2.24) is 4.40 Å². The van der Waals surface area contributed by atoms with E-state index in [2.05, 4.69) is 107 Å². The first kappa shape index (κ1) is 21.9. The van der Waals surface area contributed by atoms with Crippen LogP contribution < -0.4 is 5.32 Å². The van der Waals surface area contributed by atoms with Gasteiger partial charge in [0.2, 0.25) is 0 Å². The standard InChI is InChI=1S/C38H21N3O2/c1-4-10-29-23(8-1)35-34-24-9-3-6-12-31(24)43-33(34)19-26-36-38(41(29)37(26)35)40-28-18-21(13-15-27(28)39-36)20-14-16-32-25(17-20)22-7-2-5-11-30(22)42-32/h1-19,27,39H. The van der Waals surface area contributed by atoms with Crippen LogP contribution >= 0.6 is 0 Å². The number of aliphatic imine (C=N–C) groups is 1. The Morgan fingerprint density at radius 1 is 0.651 bits per heavy atom. The van der Waals surface area contributed by atoms with Gasteiger partial charge in [0.15, 0.2) is 5.82 Å². The van der Waals surface area contributed by atoms with Crippen LogP contribution in [0.5, 0.6) is 0 Å². The Bertz CT molecular complexity index is 2770. The molecule has 1 unspecified atom stereocenters. The van der Waals surface area contributed by atoms with Gasteiger partial charge in [0, 0.05) is 37.7 Å². The van der Waals surface area contributed by atoms with E-state index >= 15 is 0 Å². The molecule has 1 atom stereocenters. The van der Waals surface area contributed by atoms with Crippen LogP contribution in [0.15, 0.2) is 129 Å². The first-order chi connectivity index (χ1) is 21.3. The maximum atomic E-state index is 6.42. The van der Waals surface area contributed by atoms with Crippen molar-refractivity contribution in [2.45, 2.75) is 6.04 Å². The van der Waals surface area contributed by atoms with Crippen LogP contribution in [0, 0.1) is 0 Å². The van der Waals surface area contributed by atoms with E-state index in [9.17, 15) is 0 Å². The summed E-state index contributed by atoms with van der Waals surface area (Å²) in [5.41, 5.74) is 10.3. The van der Waals surface area contributed by atoms with Gasteiger partial charge in [-0.3, -0.25) is 4.40 Å². The first-order valence-electron chi connectivity index (χ1n) is 14.6. The van der Waals surface area contributed by atoms with E-state index in [1.165, 1.54) is 21.7 Å². The minimum absolute atomic E-state index is 0.0155. The Hall–Kier alpha value is -5.81. The van der Waals surface area contributed by atoms with Gasteiger partial charge in [0.1, 0.15) is 22.3 Å². The number of nitrogens with one attached hydrogen (secondary N) is 1. The Morgan fingerprint density at radius 2 is 1.40 bits per heavy atom. The number of para-hydroxylation sites is 3. The molecule has 2 aliphatic rings. The van der Waals surface area contributed by atoms with Gasteiger partial charge in [0.25, 0.3) is 0 Å². The summed E-state index contributed by atoms with van der Waals surface area (Å²) in [7, 11) is 0. The monoisotopic (exact) mass is 551 g/mol. The number of nitrogens with zero attached hydrogens (tertiary/aromatic N) is 2. The average Bonchev–Trinajstić information content (AvgIpc) is 3.79. The quantitative estimate of drug-likeness (QED) is 0.221. The number of fused-ring (bicyclic) bond motifs is 14. The van der Waals surface area contributed by atoms with E-state index in [-0.39, 0.29) is 6.04 Å². The summed E-state index contributed by atoms with van der Waals surface area (Å²) in [6.45, 7) is 0. The molecular weight excluding hydrogens is 530 g/mol. The highest BCUT2D eigenvalue weighted by Crippen LogP contribution is 2.50. The van der Waals surface area contributed by atoms with Crippen LogP contribution in [-0.2, 0) is 0 Å². The molecule has 9 aromatic rings. The van der Waals surface area contributed by atoms with Gasteiger partial charge in [-0.05, 0) is 53.6 Å². The highest BCUT2D eigenvalue weighted by Gasteiger charge is 2.31. The average molecular weight is 552 g/mol. The predicted molar refractivity (Wildman–Crippen MR) is 176 cm³/mol. The molecular formula is C38H21N3O2. The van der Waals surface area contributed by atoms with E-state index < -0.39 is 0 Å². The van der Waals surface area contributed by atoms with Crippen molar-refractivity contribution in [3.63, 3.8) is 0 Å². The van der Waals surface area contributed by atoms with Gasteiger partial charge in [-0.25, -0.2) is 4.99 Å². The molecule has 5 nitrogen and oxygen atoms in total. The van der Waals surface area contributed by atoms with Crippen LogP contribution in [0.1, 0.15) is 5.56 Å². The SMILES string of the molecule is C1=CC2Nc3c(n4c5ccccc5c5c6c(cc3c54)oc3ccccc36)N=C2C=C1c1ccc2oc3ccccc3c2c1. The third-order valence-corrected chi connectivity index (χ3v) is 9.32. The maximum Gasteiger partial charge on any atom is 0.162 e. The number of hydrogen-bond donors (Lipinski definition) is 1. The lowest BCUT2D eigenvalue weighted by Crippen LogP contribution is -2.30. The fourth-order valence-electron chi connectivity index (χ4n) is 7.44. The molecule has 11 rings (SSSR count). The second-order valence-electron chi connectivity index (χ2n) is 11.6. The van der Waals surface area contributed by atoms with Crippen molar-refractivity contribution in [3.05, 3.63) is 121 Å².